The van der Waals surface area contributed by atoms with E-state index in [9.17, 15) is 14.4 Å². The number of carboxylic acid groups (broad SMARTS) is 1. The molecule has 114 valence electrons. The minimum Gasteiger partial charge on any atom is -0.480 e. The van der Waals surface area contributed by atoms with Gasteiger partial charge in [-0.05, 0) is 31.3 Å². The average molecular weight is 302 g/mol. The van der Waals surface area contributed by atoms with Gasteiger partial charge in [0.15, 0.2) is 0 Å². The van der Waals surface area contributed by atoms with Gasteiger partial charge in [-0.3, -0.25) is 9.59 Å². The third-order valence-corrected chi connectivity index (χ3v) is 3.89. The van der Waals surface area contributed by atoms with Crippen molar-refractivity contribution in [2.24, 2.45) is 0 Å². The Kier molecular flexibility index (Phi) is 7.43. The van der Waals surface area contributed by atoms with Crippen LogP contribution in [0.4, 0.5) is 0 Å². The fourth-order valence-electron chi connectivity index (χ4n) is 2.11. The summed E-state index contributed by atoms with van der Waals surface area (Å²) < 4.78 is 0. The summed E-state index contributed by atoms with van der Waals surface area (Å²) >= 11 is 1.53. The van der Waals surface area contributed by atoms with Gasteiger partial charge in [-0.2, -0.15) is 11.8 Å². The van der Waals surface area contributed by atoms with Crippen LogP contribution in [0, 0.1) is 0 Å². The number of carbonyl (C=O) groups excluding carboxylic acids is 2. The number of carbonyl (C=O) groups is 3. The summed E-state index contributed by atoms with van der Waals surface area (Å²) in [4.78, 5) is 36.2. The normalized spacial score (nSPS) is 17.4. The number of nitrogens with zero attached hydrogens (tertiary/aromatic N) is 1. The first-order valence-corrected chi connectivity index (χ1v) is 8.23. The maximum atomic E-state index is 11.9. The summed E-state index contributed by atoms with van der Waals surface area (Å²) in [6, 6.07) is -0.878. The van der Waals surface area contributed by atoms with E-state index in [4.69, 9.17) is 5.11 Å². The molecule has 1 heterocycles. The maximum absolute atomic E-state index is 11.9. The number of hydrogen-bond donors (Lipinski definition) is 2. The number of aliphatic carboxylic acids is 1. The summed E-state index contributed by atoms with van der Waals surface area (Å²) in [5.74, 6) is -0.781. The monoisotopic (exact) mass is 302 g/mol. The lowest BCUT2D eigenvalue weighted by atomic mass is 10.2. The molecule has 2 amide bonds. The summed E-state index contributed by atoms with van der Waals surface area (Å²) in [5.41, 5.74) is 0. The van der Waals surface area contributed by atoms with Gasteiger partial charge in [-0.25, -0.2) is 4.79 Å². The molecule has 0 radical (unpaired) electrons. The fourth-order valence-corrected chi connectivity index (χ4v) is 2.58. The van der Waals surface area contributed by atoms with Crippen LogP contribution in [-0.4, -0.2) is 58.9 Å². The van der Waals surface area contributed by atoms with Gasteiger partial charge in [-0.15, -0.1) is 0 Å². The van der Waals surface area contributed by atoms with Crippen molar-refractivity contribution < 1.29 is 19.5 Å². The van der Waals surface area contributed by atoms with Crippen LogP contribution >= 0.6 is 11.8 Å². The lowest BCUT2D eigenvalue weighted by molar-refractivity contribution is -0.142. The molecule has 0 aromatic rings. The Labute approximate surface area is 123 Å². The highest BCUT2D eigenvalue weighted by Crippen LogP contribution is 2.10. The molecule has 6 nitrogen and oxygen atoms in total. The van der Waals surface area contributed by atoms with Crippen LogP contribution in [0.15, 0.2) is 0 Å². The van der Waals surface area contributed by atoms with E-state index in [1.807, 2.05) is 6.26 Å². The summed E-state index contributed by atoms with van der Waals surface area (Å²) in [7, 11) is 0. The van der Waals surface area contributed by atoms with Gasteiger partial charge < -0.3 is 15.3 Å². The average Bonchev–Trinajstić information content (AvgIpc) is 2.59. The Bertz CT molecular complexity index is 362. The van der Waals surface area contributed by atoms with Crippen molar-refractivity contribution in [1.29, 1.82) is 0 Å². The van der Waals surface area contributed by atoms with Crippen molar-refractivity contribution in [3.63, 3.8) is 0 Å². The Morgan fingerprint density at radius 1 is 1.40 bits per heavy atom. The standard InChI is InChI=1S/C13H22N2O4S/c1-20-8-6-10(13(18)19)14-11(16)9-15-7-4-2-3-5-12(15)17/h10H,2-9H2,1H3,(H,14,16)(H,18,19). The smallest absolute Gasteiger partial charge is 0.326 e. The predicted octanol–water partition coefficient (Wildman–Crippen LogP) is 0.711. The highest BCUT2D eigenvalue weighted by molar-refractivity contribution is 7.98. The third-order valence-electron chi connectivity index (χ3n) is 3.25. The zero-order chi connectivity index (χ0) is 15.0. The van der Waals surface area contributed by atoms with Crippen LogP contribution < -0.4 is 5.32 Å². The minimum atomic E-state index is -1.03. The number of thioether (sulfide) groups is 1. The first-order valence-electron chi connectivity index (χ1n) is 6.83. The molecule has 0 aliphatic carbocycles. The summed E-state index contributed by atoms with van der Waals surface area (Å²) in [6.07, 6.45) is 5.50. The van der Waals surface area contributed by atoms with E-state index in [0.29, 0.717) is 25.1 Å². The number of rotatable bonds is 7. The van der Waals surface area contributed by atoms with E-state index in [1.165, 1.54) is 16.7 Å². The van der Waals surface area contributed by atoms with E-state index in [1.54, 1.807) is 0 Å². The van der Waals surface area contributed by atoms with E-state index < -0.39 is 17.9 Å². The van der Waals surface area contributed by atoms with Crippen molar-refractivity contribution in [3.05, 3.63) is 0 Å². The number of hydrogen-bond acceptors (Lipinski definition) is 4. The van der Waals surface area contributed by atoms with Crippen molar-refractivity contribution in [2.75, 3.05) is 25.1 Å². The molecule has 0 aromatic heterocycles. The fraction of sp³-hybridized carbons (Fsp3) is 0.769. The number of amides is 2. The molecule has 1 rings (SSSR count). The number of nitrogens with one attached hydrogen (secondary N) is 1. The molecule has 1 fully saturated rings. The van der Waals surface area contributed by atoms with Gasteiger partial charge in [0.05, 0.1) is 6.54 Å². The molecule has 2 N–H and O–H groups in total. The van der Waals surface area contributed by atoms with E-state index in [-0.39, 0.29) is 12.5 Å². The number of likely N-dealkylation sites (tertiary alicyclic amines) is 1. The quantitative estimate of drug-likeness (QED) is 0.723. The van der Waals surface area contributed by atoms with Crippen LogP contribution in [0.25, 0.3) is 0 Å². The second-order valence-corrected chi connectivity index (χ2v) is 5.85. The molecule has 1 saturated heterocycles. The molecular weight excluding hydrogens is 280 g/mol. The molecule has 7 heteroatoms. The Hall–Kier alpha value is -1.24. The van der Waals surface area contributed by atoms with E-state index in [2.05, 4.69) is 5.32 Å². The lowest BCUT2D eigenvalue weighted by Crippen LogP contribution is -2.47. The molecule has 0 bridgehead atoms. The second kappa shape index (κ2) is 8.84. The maximum Gasteiger partial charge on any atom is 0.326 e. The van der Waals surface area contributed by atoms with Gasteiger partial charge in [0, 0.05) is 13.0 Å². The van der Waals surface area contributed by atoms with Crippen LogP contribution in [0.5, 0.6) is 0 Å². The molecule has 0 aromatic carbocycles. The Morgan fingerprint density at radius 2 is 2.15 bits per heavy atom. The van der Waals surface area contributed by atoms with Gasteiger partial charge in [0.1, 0.15) is 6.04 Å². The minimum absolute atomic E-state index is 0.0198. The van der Waals surface area contributed by atoms with Crippen molar-refractivity contribution in [3.8, 4) is 0 Å². The molecule has 0 spiro atoms. The van der Waals surface area contributed by atoms with Crippen molar-refractivity contribution in [2.45, 2.75) is 38.1 Å². The Balaban J connectivity index is 2.47. The van der Waals surface area contributed by atoms with Gasteiger partial charge in [-0.1, -0.05) is 6.42 Å². The molecule has 1 atom stereocenters. The highest BCUT2D eigenvalue weighted by atomic mass is 32.2. The second-order valence-electron chi connectivity index (χ2n) is 4.87. The van der Waals surface area contributed by atoms with Crippen LogP contribution in [0.1, 0.15) is 32.1 Å². The van der Waals surface area contributed by atoms with Gasteiger partial charge in [0.2, 0.25) is 11.8 Å². The SMILES string of the molecule is CSCCC(NC(=O)CN1CCCCCC1=O)C(=O)O. The van der Waals surface area contributed by atoms with Crippen LogP contribution in [0.3, 0.4) is 0 Å². The third kappa shape index (κ3) is 5.81. The largest absolute Gasteiger partial charge is 0.480 e. The molecule has 20 heavy (non-hydrogen) atoms. The molecule has 1 unspecified atom stereocenters. The lowest BCUT2D eigenvalue weighted by Gasteiger charge is -2.21. The first kappa shape index (κ1) is 16.8. The molecule has 0 saturated carbocycles. The first-order chi connectivity index (χ1) is 9.54. The predicted molar refractivity (Wildman–Crippen MR) is 77.6 cm³/mol. The zero-order valence-electron chi connectivity index (χ0n) is 11.8. The van der Waals surface area contributed by atoms with Gasteiger partial charge in [0.25, 0.3) is 0 Å². The van der Waals surface area contributed by atoms with Crippen molar-refractivity contribution in [1.82, 2.24) is 10.2 Å². The van der Waals surface area contributed by atoms with Crippen LogP contribution in [0.2, 0.25) is 0 Å². The molecule has 1 aliphatic rings. The highest BCUT2D eigenvalue weighted by Gasteiger charge is 2.23. The molecular formula is C13H22N2O4S. The van der Waals surface area contributed by atoms with Gasteiger partial charge >= 0.3 is 5.97 Å². The van der Waals surface area contributed by atoms with Crippen molar-refractivity contribution >= 4 is 29.5 Å². The summed E-state index contributed by atoms with van der Waals surface area (Å²) in [5, 5.41) is 11.5. The van der Waals surface area contributed by atoms with Crippen LogP contribution in [-0.2, 0) is 14.4 Å². The molecule has 1 aliphatic heterocycles. The Morgan fingerprint density at radius 3 is 2.80 bits per heavy atom. The zero-order valence-corrected chi connectivity index (χ0v) is 12.6. The topological polar surface area (TPSA) is 86.7 Å². The van der Waals surface area contributed by atoms with E-state index >= 15 is 0 Å². The number of carboxylic acids is 1. The summed E-state index contributed by atoms with van der Waals surface area (Å²) in [6.45, 7) is 0.538. The van der Waals surface area contributed by atoms with E-state index in [0.717, 1.165) is 19.3 Å².